The largest absolute Gasteiger partial charge is 0.368 e. The molecule has 1 aromatic carbocycles. The van der Waals surface area contributed by atoms with E-state index in [0.29, 0.717) is 75.6 Å². The van der Waals surface area contributed by atoms with Gasteiger partial charge in [-0.2, -0.15) is 0 Å². The number of rotatable bonds is 14. The minimum absolute atomic E-state index is 0.0214. The van der Waals surface area contributed by atoms with Gasteiger partial charge in [0.05, 0.1) is 6.04 Å². The summed E-state index contributed by atoms with van der Waals surface area (Å²) in [4.78, 5) is 140. The number of ketones is 2. The number of nitrogens with two attached hydrogens (primary N) is 2. The van der Waals surface area contributed by atoms with Gasteiger partial charge in [0, 0.05) is 55.1 Å². The van der Waals surface area contributed by atoms with Crippen molar-refractivity contribution in [2.45, 2.75) is 181 Å². The fourth-order valence-electron chi connectivity index (χ4n) is 8.99. The molecular formula is C53H85N9O10S2. The van der Waals surface area contributed by atoms with E-state index in [4.69, 9.17) is 11.5 Å². The summed E-state index contributed by atoms with van der Waals surface area (Å²) in [6, 6.07) is 1.21. The van der Waals surface area contributed by atoms with E-state index >= 15 is 0 Å². The van der Waals surface area contributed by atoms with Crippen LogP contribution in [-0.4, -0.2) is 131 Å². The Kier molecular flexibility index (Phi) is 27.7. The van der Waals surface area contributed by atoms with Crippen molar-refractivity contribution < 1.29 is 47.9 Å². The zero-order chi connectivity index (χ0) is 55.1. The van der Waals surface area contributed by atoms with Crippen LogP contribution >= 0.6 is 21.6 Å². The van der Waals surface area contributed by atoms with Gasteiger partial charge in [0.1, 0.15) is 42.0 Å². The summed E-state index contributed by atoms with van der Waals surface area (Å²) >= 11 is 0. The molecule has 0 unspecified atom stereocenters. The number of nitrogens with zero attached hydrogens (tertiary/aromatic N) is 1. The van der Waals surface area contributed by atoms with Gasteiger partial charge < -0.3 is 48.3 Å². The Bertz CT molecular complexity index is 2060. The number of nitrogens with one attached hydrogen (secondary N) is 6. The molecule has 10 N–H and O–H groups in total. The molecule has 0 aliphatic carbocycles. The van der Waals surface area contributed by atoms with E-state index in [9.17, 15) is 47.9 Å². The van der Waals surface area contributed by atoms with Crippen molar-refractivity contribution in [1.82, 2.24) is 36.8 Å². The first-order valence-electron chi connectivity index (χ1n) is 26.5. The van der Waals surface area contributed by atoms with Gasteiger partial charge in [-0.3, -0.25) is 47.9 Å². The molecule has 8 amide bonds. The van der Waals surface area contributed by atoms with E-state index in [1.165, 1.54) is 40.3 Å². The highest BCUT2D eigenvalue weighted by atomic mass is 33.1. The highest BCUT2D eigenvalue weighted by Crippen LogP contribution is 2.28. The van der Waals surface area contributed by atoms with Crippen molar-refractivity contribution in [2.24, 2.45) is 41.1 Å². The summed E-state index contributed by atoms with van der Waals surface area (Å²) in [7, 11) is 2.52. The summed E-state index contributed by atoms with van der Waals surface area (Å²) < 4.78 is 0. The van der Waals surface area contributed by atoms with E-state index in [1.54, 1.807) is 37.3 Å². The van der Waals surface area contributed by atoms with Crippen LogP contribution in [0.25, 0.3) is 0 Å². The van der Waals surface area contributed by atoms with Crippen molar-refractivity contribution in [3.8, 4) is 0 Å². The second-order valence-corrected chi connectivity index (χ2v) is 23.4. The Hall–Kier alpha value is -5.02. The van der Waals surface area contributed by atoms with Crippen molar-refractivity contribution in [1.29, 1.82) is 0 Å². The average Bonchev–Trinajstić information content (AvgIpc) is 3.85. The van der Waals surface area contributed by atoms with Crippen molar-refractivity contribution >= 4 is 80.4 Å². The maximum Gasteiger partial charge on any atom is 0.245 e. The number of primary amides is 1. The molecule has 414 valence electrons. The van der Waals surface area contributed by atoms with E-state index in [2.05, 4.69) is 31.9 Å². The lowest BCUT2D eigenvalue weighted by Crippen LogP contribution is -2.59. The van der Waals surface area contributed by atoms with Crippen LogP contribution in [0.3, 0.4) is 0 Å². The minimum Gasteiger partial charge on any atom is -0.368 e. The lowest BCUT2D eigenvalue weighted by atomic mass is 9.87. The topological polar surface area (TPSA) is 298 Å². The second kappa shape index (κ2) is 32.4. The third-order valence-corrected chi connectivity index (χ3v) is 16.0. The number of benzene rings is 1. The summed E-state index contributed by atoms with van der Waals surface area (Å²) in [6.07, 6.45) is 4.15. The van der Waals surface area contributed by atoms with E-state index < -0.39 is 107 Å². The summed E-state index contributed by atoms with van der Waals surface area (Å²) in [6.45, 7) is 14.9. The number of carbonyl (C=O) groups excluding carboxylic acids is 10. The van der Waals surface area contributed by atoms with Crippen LogP contribution in [0, 0.1) is 29.6 Å². The first-order chi connectivity index (χ1) is 35.1. The molecule has 0 saturated carbocycles. The van der Waals surface area contributed by atoms with Crippen LogP contribution in [0.5, 0.6) is 0 Å². The van der Waals surface area contributed by atoms with Gasteiger partial charge in [-0.15, -0.1) is 0 Å². The van der Waals surface area contributed by atoms with Crippen LogP contribution in [0.4, 0.5) is 0 Å². The molecule has 1 aromatic rings. The van der Waals surface area contributed by atoms with Gasteiger partial charge in [0.25, 0.3) is 0 Å². The van der Waals surface area contributed by atoms with E-state index in [0.717, 1.165) is 0 Å². The third-order valence-electron chi connectivity index (χ3n) is 13.4. The zero-order valence-electron chi connectivity index (χ0n) is 44.8. The molecule has 2 aliphatic heterocycles. The number of Topliss-reactive ketones (excluding diaryl/α,β-unsaturated/α-hetero) is 2. The minimum atomic E-state index is -1.21. The number of unbranched alkanes of at least 4 members (excludes halogenated alkanes) is 2. The molecule has 0 bridgehead atoms. The van der Waals surface area contributed by atoms with Crippen LogP contribution in [0.2, 0.25) is 0 Å². The summed E-state index contributed by atoms with van der Waals surface area (Å²) in [5.74, 6) is -7.23. The SMILES string of the molecule is CCCC[C@@H]1NC(=O)[C@H](CCCCN)CC(=O)[C@H](CC(C)C)NC(=O)[C@H](CC(C)C)CC(=O)[C@@H](C)CSSC[C@@H](C(N)=O)NC(=O)[C@H](Cc2ccccc2)NC(=O)[C@H](C)NC(=O)[C@H](C)NC(=O)[C@@H]2CCCN2C1=O. The summed E-state index contributed by atoms with van der Waals surface area (Å²) in [5, 5.41) is 16.5. The molecule has 0 radical (unpaired) electrons. The maximum atomic E-state index is 14.4. The number of hydrogen-bond donors (Lipinski definition) is 8. The predicted octanol–water partition coefficient (Wildman–Crippen LogP) is 3.25. The number of carbonyl (C=O) groups is 10. The quantitative estimate of drug-likeness (QED) is 0.0982. The van der Waals surface area contributed by atoms with Gasteiger partial charge in [0.2, 0.25) is 47.3 Å². The van der Waals surface area contributed by atoms with Gasteiger partial charge >= 0.3 is 0 Å². The fourth-order valence-corrected chi connectivity index (χ4v) is 11.6. The molecule has 2 heterocycles. The maximum absolute atomic E-state index is 14.4. The molecule has 2 aliphatic rings. The van der Waals surface area contributed by atoms with Crippen LogP contribution < -0.4 is 43.4 Å². The second-order valence-electron chi connectivity index (χ2n) is 20.9. The number of fused-ring (bicyclic) bond motifs is 1. The van der Waals surface area contributed by atoms with Crippen LogP contribution in [0.15, 0.2) is 30.3 Å². The highest BCUT2D eigenvalue weighted by molar-refractivity contribution is 8.76. The standard InChI is InChI=1S/C53H85N9O10S2/c1-9-10-20-39-53(72)62-23-16-21-43(62)52(71)57-34(7)47(66)56-35(8)48(67)60-41(26-36-17-12-11-13-18-36)51(70)61-42(46(55)65)30-74-73-29-33(6)44(63)28-38(24-31(2)3)50(69)59-40(25-32(4)5)45(64)27-37(49(68)58-39)19-14-15-22-54/h11-13,17-18,31-35,37-43H,9-10,14-16,19-30,54H2,1-8H3,(H2,55,65)(H,56,66)(H,57,71)(H,58,68)(H,59,69)(H,60,67)(H,61,70)/t33-,34-,35-,37+,38+,39-,40-,41-,42-,43-/m0/s1. The van der Waals surface area contributed by atoms with E-state index in [1.807, 2.05) is 34.6 Å². The lowest BCUT2D eigenvalue weighted by molar-refractivity contribution is -0.143. The fraction of sp³-hybridized carbons (Fsp3) is 0.698. The Labute approximate surface area is 446 Å². The predicted molar refractivity (Wildman–Crippen MR) is 289 cm³/mol. The molecule has 0 aromatic heterocycles. The molecular weight excluding hydrogens is 987 g/mol. The van der Waals surface area contributed by atoms with Crippen LogP contribution in [0.1, 0.15) is 138 Å². The average molecular weight is 1070 g/mol. The van der Waals surface area contributed by atoms with Crippen molar-refractivity contribution in [2.75, 3.05) is 24.6 Å². The first kappa shape index (κ1) is 63.3. The smallest absolute Gasteiger partial charge is 0.245 e. The van der Waals surface area contributed by atoms with Crippen LogP contribution in [-0.2, 0) is 54.4 Å². The molecule has 74 heavy (non-hydrogen) atoms. The molecule has 3 rings (SSSR count). The monoisotopic (exact) mass is 1070 g/mol. The zero-order valence-corrected chi connectivity index (χ0v) is 46.5. The Balaban J connectivity index is 2.02. The summed E-state index contributed by atoms with van der Waals surface area (Å²) in [5.41, 5.74) is 12.3. The highest BCUT2D eigenvalue weighted by Gasteiger charge is 2.40. The van der Waals surface area contributed by atoms with Gasteiger partial charge in [0.15, 0.2) is 5.78 Å². The van der Waals surface area contributed by atoms with Gasteiger partial charge in [-0.25, -0.2) is 0 Å². The lowest BCUT2D eigenvalue weighted by Gasteiger charge is -2.30. The Morgan fingerprint density at radius 3 is 1.85 bits per heavy atom. The molecule has 10 atom stereocenters. The van der Waals surface area contributed by atoms with Gasteiger partial charge in [-0.1, -0.05) is 113 Å². The molecule has 19 nitrogen and oxygen atoms in total. The Morgan fingerprint density at radius 1 is 0.649 bits per heavy atom. The van der Waals surface area contributed by atoms with Crippen molar-refractivity contribution in [3.63, 3.8) is 0 Å². The Morgan fingerprint density at radius 2 is 1.23 bits per heavy atom. The molecule has 2 fully saturated rings. The third kappa shape index (κ3) is 21.3. The van der Waals surface area contributed by atoms with E-state index in [-0.39, 0.29) is 61.4 Å². The molecule has 2 saturated heterocycles. The van der Waals surface area contributed by atoms with Crippen molar-refractivity contribution in [3.05, 3.63) is 35.9 Å². The number of amides is 8. The first-order valence-corrected chi connectivity index (χ1v) is 29.0. The van der Waals surface area contributed by atoms with Gasteiger partial charge in [-0.05, 0) is 82.7 Å². The molecule has 21 heteroatoms. The number of hydrogen-bond acceptors (Lipinski definition) is 13. The normalized spacial score (nSPS) is 27.7. The molecule has 0 spiro atoms.